The van der Waals surface area contributed by atoms with Gasteiger partial charge < -0.3 is 5.32 Å². The van der Waals surface area contributed by atoms with Crippen LogP contribution in [0.5, 0.6) is 0 Å². The lowest BCUT2D eigenvalue weighted by atomic mass is 10.2. The molecule has 1 fully saturated rings. The van der Waals surface area contributed by atoms with E-state index in [2.05, 4.69) is 10.4 Å². The van der Waals surface area contributed by atoms with E-state index in [1.165, 1.54) is 12.8 Å². The number of hydrogen-bond donors (Lipinski definition) is 1. The molecule has 0 saturated carbocycles. The molecule has 1 aliphatic heterocycles. The highest BCUT2D eigenvalue weighted by atomic mass is 35.5. The molecule has 72 valence electrons. The van der Waals surface area contributed by atoms with Crippen LogP contribution in [0.25, 0.3) is 0 Å². The van der Waals surface area contributed by atoms with Crippen molar-refractivity contribution in [3.63, 3.8) is 0 Å². The molecule has 1 aromatic heterocycles. The molecule has 1 aliphatic rings. The summed E-state index contributed by atoms with van der Waals surface area (Å²) in [7, 11) is 0. The third-order valence-electron chi connectivity index (χ3n) is 2.60. The Morgan fingerprint density at radius 1 is 1.77 bits per heavy atom. The second kappa shape index (κ2) is 3.68. The maximum Gasteiger partial charge on any atom is 0.0814 e. The highest BCUT2D eigenvalue weighted by Gasteiger charge is 2.15. The SMILES string of the molecule is Cc1c(Cl)cnn1C[C@H]1CCCN1. The van der Waals surface area contributed by atoms with Gasteiger partial charge in [-0.05, 0) is 26.3 Å². The predicted molar refractivity (Wildman–Crippen MR) is 53.0 cm³/mol. The highest BCUT2D eigenvalue weighted by Crippen LogP contribution is 2.15. The number of rotatable bonds is 2. The second-order valence-corrected chi connectivity index (χ2v) is 3.96. The van der Waals surface area contributed by atoms with Gasteiger partial charge in [0.1, 0.15) is 0 Å². The van der Waals surface area contributed by atoms with Crippen LogP contribution in [0.1, 0.15) is 18.5 Å². The van der Waals surface area contributed by atoms with Gasteiger partial charge in [-0.2, -0.15) is 5.10 Å². The van der Waals surface area contributed by atoms with E-state index in [9.17, 15) is 0 Å². The molecule has 0 amide bonds. The molecule has 13 heavy (non-hydrogen) atoms. The summed E-state index contributed by atoms with van der Waals surface area (Å²) in [5, 5.41) is 8.42. The largest absolute Gasteiger partial charge is 0.312 e. The Bertz CT molecular complexity index is 289. The fraction of sp³-hybridized carbons (Fsp3) is 0.667. The molecule has 0 spiro atoms. The van der Waals surface area contributed by atoms with Gasteiger partial charge in [-0.1, -0.05) is 11.6 Å². The van der Waals surface area contributed by atoms with E-state index >= 15 is 0 Å². The molecule has 3 nitrogen and oxygen atoms in total. The van der Waals surface area contributed by atoms with Crippen molar-refractivity contribution in [2.24, 2.45) is 0 Å². The fourth-order valence-corrected chi connectivity index (χ4v) is 1.87. The summed E-state index contributed by atoms with van der Waals surface area (Å²) in [6.07, 6.45) is 4.24. The number of hydrogen-bond acceptors (Lipinski definition) is 2. The van der Waals surface area contributed by atoms with Crippen molar-refractivity contribution in [3.8, 4) is 0 Å². The Kier molecular flexibility index (Phi) is 2.56. The normalized spacial score (nSPS) is 22.5. The first-order valence-corrected chi connectivity index (χ1v) is 5.06. The maximum atomic E-state index is 5.91. The van der Waals surface area contributed by atoms with Crippen LogP contribution in [0.4, 0.5) is 0 Å². The van der Waals surface area contributed by atoms with Crippen LogP contribution in [-0.2, 0) is 6.54 Å². The van der Waals surface area contributed by atoms with E-state index in [-0.39, 0.29) is 0 Å². The number of nitrogens with one attached hydrogen (secondary N) is 1. The summed E-state index contributed by atoms with van der Waals surface area (Å²) in [4.78, 5) is 0. The maximum absolute atomic E-state index is 5.91. The zero-order valence-electron chi connectivity index (χ0n) is 7.76. The molecule has 4 heteroatoms. The standard InChI is InChI=1S/C9H14ClN3/c1-7-9(10)5-12-13(7)6-8-3-2-4-11-8/h5,8,11H,2-4,6H2,1H3/t8-/m1/s1. The summed E-state index contributed by atoms with van der Waals surface area (Å²) >= 11 is 5.91. The van der Waals surface area contributed by atoms with Crippen LogP contribution in [0.3, 0.4) is 0 Å². The minimum atomic E-state index is 0.578. The molecule has 2 heterocycles. The van der Waals surface area contributed by atoms with Crippen molar-refractivity contribution in [1.82, 2.24) is 15.1 Å². The molecule has 0 unspecified atom stereocenters. The van der Waals surface area contributed by atoms with Gasteiger partial charge in [0, 0.05) is 6.04 Å². The predicted octanol–water partition coefficient (Wildman–Crippen LogP) is 1.60. The van der Waals surface area contributed by atoms with Crippen LogP contribution in [0.15, 0.2) is 6.20 Å². The Hall–Kier alpha value is -0.540. The Labute approximate surface area is 83.1 Å². The first kappa shape index (κ1) is 9.03. The highest BCUT2D eigenvalue weighted by molar-refractivity contribution is 6.31. The van der Waals surface area contributed by atoms with Gasteiger partial charge in [-0.25, -0.2) is 0 Å². The van der Waals surface area contributed by atoms with Gasteiger partial charge in [0.2, 0.25) is 0 Å². The average Bonchev–Trinajstić information content (AvgIpc) is 2.71. The number of aromatic nitrogens is 2. The van der Waals surface area contributed by atoms with Crippen molar-refractivity contribution in [3.05, 3.63) is 16.9 Å². The molecule has 0 radical (unpaired) electrons. The van der Waals surface area contributed by atoms with Gasteiger partial charge in [0.05, 0.1) is 23.5 Å². The average molecular weight is 200 g/mol. The number of halogens is 1. The van der Waals surface area contributed by atoms with Crippen LogP contribution in [-0.4, -0.2) is 22.4 Å². The summed E-state index contributed by atoms with van der Waals surface area (Å²) in [5.41, 5.74) is 1.07. The second-order valence-electron chi connectivity index (χ2n) is 3.55. The Morgan fingerprint density at radius 2 is 2.62 bits per heavy atom. The lowest BCUT2D eigenvalue weighted by molar-refractivity contribution is 0.469. The summed E-state index contributed by atoms with van der Waals surface area (Å²) in [5.74, 6) is 0. The molecule has 1 atom stereocenters. The Balaban J connectivity index is 2.04. The van der Waals surface area contributed by atoms with Crippen LogP contribution >= 0.6 is 11.6 Å². The molecule has 0 bridgehead atoms. The van der Waals surface area contributed by atoms with Crippen molar-refractivity contribution >= 4 is 11.6 Å². The lowest BCUT2D eigenvalue weighted by Crippen LogP contribution is -2.27. The molecule has 0 aliphatic carbocycles. The van der Waals surface area contributed by atoms with Crippen LogP contribution < -0.4 is 5.32 Å². The van der Waals surface area contributed by atoms with Crippen LogP contribution in [0, 0.1) is 6.92 Å². The van der Waals surface area contributed by atoms with Crippen molar-refractivity contribution in [2.75, 3.05) is 6.54 Å². The topological polar surface area (TPSA) is 29.9 Å². The van der Waals surface area contributed by atoms with E-state index in [1.807, 2.05) is 11.6 Å². The summed E-state index contributed by atoms with van der Waals surface area (Å²) < 4.78 is 1.98. The van der Waals surface area contributed by atoms with Crippen molar-refractivity contribution < 1.29 is 0 Å². The van der Waals surface area contributed by atoms with Gasteiger partial charge in [0.25, 0.3) is 0 Å². The minimum absolute atomic E-state index is 0.578. The van der Waals surface area contributed by atoms with E-state index < -0.39 is 0 Å². The molecule has 1 N–H and O–H groups in total. The minimum Gasteiger partial charge on any atom is -0.312 e. The quantitative estimate of drug-likeness (QED) is 0.784. The van der Waals surface area contributed by atoms with Crippen molar-refractivity contribution in [1.29, 1.82) is 0 Å². The van der Waals surface area contributed by atoms with Gasteiger partial charge in [0.15, 0.2) is 0 Å². The molecule has 0 aromatic carbocycles. The van der Waals surface area contributed by atoms with Crippen molar-refractivity contribution in [2.45, 2.75) is 32.4 Å². The van der Waals surface area contributed by atoms with E-state index in [4.69, 9.17) is 11.6 Å². The summed E-state index contributed by atoms with van der Waals surface area (Å²) in [6.45, 7) is 4.08. The van der Waals surface area contributed by atoms with E-state index in [0.717, 1.165) is 23.8 Å². The smallest absolute Gasteiger partial charge is 0.0814 e. The fourth-order valence-electron chi connectivity index (χ4n) is 1.73. The van der Waals surface area contributed by atoms with E-state index in [0.29, 0.717) is 6.04 Å². The Morgan fingerprint density at radius 3 is 3.15 bits per heavy atom. The lowest BCUT2D eigenvalue weighted by Gasteiger charge is -2.11. The number of nitrogens with zero attached hydrogens (tertiary/aromatic N) is 2. The third-order valence-corrected chi connectivity index (χ3v) is 2.97. The van der Waals surface area contributed by atoms with Gasteiger partial charge in [-0.3, -0.25) is 4.68 Å². The van der Waals surface area contributed by atoms with Gasteiger partial charge in [-0.15, -0.1) is 0 Å². The molecule has 1 saturated heterocycles. The van der Waals surface area contributed by atoms with Gasteiger partial charge >= 0.3 is 0 Å². The third kappa shape index (κ3) is 1.86. The first-order chi connectivity index (χ1) is 6.27. The molecule has 2 rings (SSSR count). The monoisotopic (exact) mass is 199 g/mol. The summed E-state index contributed by atoms with van der Waals surface area (Å²) in [6, 6.07) is 0.578. The molecular weight excluding hydrogens is 186 g/mol. The van der Waals surface area contributed by atoms with Crippen LogP contribution in [0.2, 0.25) is 5.02 Å². The van der Waals surface area contributed by atoms with E-state index in [1.54, 1.807) is 6.20 Å². The zero-order valence-corrected chi connectivity index (χ0v) is 8.51. The first-order valence-electron chi connectivity index (χ1n) is 4.68. The molecule has 1 aromatic rings. The molecular formula is C9H14ClN3. The zero-order chi connectivity index (χ0) is 9.26.